The zero-order chi connectivity index (χ0) is 11.5. The van der Waals surface area contributed by atoms with Crippen LogP contribution in [0.1, 0.15) is 42.7 Å². The van der Waals surface area contributed by atoms with Crippen molar-refractivity contribution in [1.82, 2.24) is 9.78 Å². The fourth-order valence-corrected chi connectivity index (χ4v) is 2.71. The molecular formula is C15H18N2. The van der Waals surface area contributed by atoms with Crippen LogP contribution in [-0.4, -0.2) is 9.78 Å². The molecule has 0 unspecified atom stereocenters. The van der Waals surface area contributed by atoms with Gasteiger partial charge in [-0.25, -0.2) is 0 Å². The summed E-state index contributed by atoms with van der Waals surface area (Å²) in [4.78, 5) is 0. The van der Waals surface area contributed by atoms with Gasteiger partial charge in [0.05, 0.1) is 12.7 Å². The lowest BCUT2D eigenvalue weighted by Gasteiger charge is -2.04. The molecule has 0 atom stereocenters. The molecule has 0 aliphatic heterocycles. The van der Waals surface area contributed by atoms with Gasteiger partial charge in [-0.3, -0.25) is 4.68 Å². The molecule has 1 saturated carbocycles. The van der Waals surface area contributed by atoms with E-state index in [4.69, 9.17) is 0 Å². The Morgan fingerprint density at radius 1 is 1.12 bits per heavy atom. The molecule has 0 amide bonds. The van der Waals surface area contributed by atoms with E-state index in [0.717, 1.165) is 12.5 Å². The normalized spacial score (nSPS) is 16.5. The lowest BCUT2D eigenvalue weighted by atomic mass is 10.0. The van der Waals surface area contributed by atoms with Crippen molar-refractivity contribution in [1.29, 1.82) is 0 Å². The van der Waals surface area contributed by atoms with Crippen molar-refractivity contribution in [2.24, 2.45) is 0 Å². The second-order valence-electron chi connectivity index (χ2n) is 4.94. The molecule has 1 aliphatic rings. The van der Waals surface area contributed by atoms with Gasteiger partial charge >= 0.3 is 0 Å². The van der Waals surface area contributed by atoms with E-state index in [2.05, 4.69) is 52.5 Å². The molecule has 17 heavy (non-hydrogen) atoms. The zero-order valence-electron chi connectivity index (χ0n) is 10.0. The topological polar surface area (TPSA) is 17.8 Å². The molecule has 3 rings (SSSR count). The lowest BCUT2D eigenvalue weighted by molar-refractivity contribution is 0.680. The van der Waals surface area contributed by atoms with Crippen LogP contribution in [0.4, 0.5) is 0 Å². The van der Waals surface area contributed by atoms with Gasteiger partial charge in [-0.05, 0) is 29.9 Å². The molecule has 2 heteroatoms. The Morgan fingerprint density at radius 3 is 2.65 bits per heavy atom. The van der Waals surface area contributed by atoms with Crippen LogP contribution >= 0.6 is 0 Å². The first-order valence-electron chi connectivity index (χ1n) is 6.48. The summed E-state index contributed by atoms with van der Waals surface area (Å²) in [6.45, 7) is 0.882. The quantitative estimate of drug-likeness (QED) is 0.782. The van der Waals surface area contributed by atoms with Crippen LogP contribution in [0.5, 0.6) is 0 Å². The van der Waals surface area contributed by atoms with Gasteiger partial charge in [-0.1, -0.05) is 43.2 Å². The highest BCUT2D eigenvalue weighted by Crippen LogP contribution is 2.33. The second kappa shape index (κ2) is 4.74. The first-order valence-corrected chi connectivity index (χ1v) is 6.48. The summed E-state index contributed by atoms with van der Waals surface area (Å²) in [5, 5.41) is 4.47. The standard InChI is InChI=1S/C15H18N2/c1-2-6-13(7-3-1)11-17-12-15(10-16-17)14-8-4-5-9-14/h1-3,6-7,10,12,14H,4-5,8-9,11H2. The molecular weight excluding hydrogens is 208 g/mol. The van der Waals surface area contributed by atoms with Gasteiger partial charge < -0.3 is 0 Å². The Labute approximate surface area is 102 Å². The third-order valence-corrected chi connectivity index (χ3v) is 3.67. The van der Waals surface area contributed by atoms with E-state index in [1.165, 1.54) is 36.8 Å². The van der Waals surface area contributed by atoms with E-state index in [0.29, 0.717) is 0 Å². The van der Waals surface area contributed by atoms with Crippen LogP contribution in [0.2, 0.25) is 0 Å². The van der Waals surface area contributed by atoms with Gasteiger partial charge in [0.15, 0.2) is 0 Å². The predicted octanol–water partition coefficient (Wildman–Crippen LogP) is 3.59. The molecule has 0 radical (unpaired) electrons. The van der Waals surface area contributed by atoms with Gasteiger partial charge in [0.25, 0.3) is 0 Å². The predicted molar refractivity (Wildman–Crippen MR) is 69.0 cm³/mol. The van der Waals surface area contributed by atoms with Gasteiger partial charge in [-0.15, -0.1) is 0 Å². The lowest BCUT2D eigenvalue weighted by Crippen LogP contribution is -1.99. The van der Waals surface area contributed by atoms with Crippen LogP contribution in [-0.2, 0) is 6.54 Å². The molecule has 1 aliphatic carbocycles. The maximum Gasteiger partial charge on any atom is 0.0659 e. The van der Waals surface area contributed by atoms with E-state index in [9.17, 15) is 0 Å². The van der Waals surface area contributed by atoms with Crippen molar-refractivity contribution in [3.63, 3.8) is 0 Å². The first kappa shape index (κ1) is 10.6. The number of nitrogens with zero attached hydrogens (tertiary/aromatic N) is 2. The van der Waals surface area contributed by atoms with Crippen LogP contribution in [0, 0.1) is 0 Å². The first-order chi connectivity index (χ1) is 8.42. The summed E-state index contributed by atoms with van der Waals surface area (Å²) in [6.07, 6.45) is 9.74. The molecule has 0 N–H and O–H groups in total. The van der Waals surface area contributed by atoms with Crippen molar-refractivity contribution in [2.45, 2.75) is 38.1 Å². The summed E-state index contributed by atoms with van der Waals surface area (Å²) in [6, 6.07) is 10.5. The van der Waals surface area contributed by atoms with Crippen molar-refractivity contribution >= 4 is 0 Å². The Hall–Kier alpha value is -1.57. The minimum atomic E-state index is 0.763. The van der Waals surface area contributed by atoms with Gasteiger partial charge in [0.1, 0.15) is 0 Å². The number of aromatic nitrogens is 2. The third kappa shape index (κ3) is 2.41. The smallest absolute Gasteiger partial charge is 0.0659 e. The SMILES string of the molecule is c1ccc(Cn2cc(C3CCCC3)cn2)cc1. The minimum absolute atomic E-state index is 0.763. The highest BCUT2D eigenvalue weighted by Gasteiger charge is 2.18. The van der Waals surface area contributed by atoms with E-state index in [1.54, 1.807) is 0 Å². The third-order valence-electron chi connectivity index (χ3n) is 3.67. The Morgan fingerprint density at radius 2 is 1.88 bits per heavy atom. The monoisotopic (exact) mass is 226 g/mol. The Kier molecular flexibility index (Phi) is 2.95. The average molecular weight is 226 g/mol. The summed E-state index contributed by atoms with van der Waals surface area (Å²) >= 11 is 0. The minimum Gasteiger partial charge on any atom is -0.268 e. The van der Waals surface area contributed by atoms with Crippen molar-refractivity contribution in [3.8, 4) is 0 Å². The van der Waals surface area contributed by atoms with E-state index in [1.807, 2.05) is 0 Å². The molecule has 1 fully saturated rings. The Balaban J connectivity index is 1.72. The molecule has 88 valence electrons. The summed E-state index contributed by atoms with van der Waals surface area (Å²) in [5.74, 6) is 0.763. The fourth-order valence-electron chi connectivity index (χ4n) is 2.71. The molecule has 0 bridgehead atoms. The number of hydrogen-bond acceptors (Lipinski definition) is 1. The van der Waals surface area contributed by atoms with Gasteiger partial charge in [-0.2, -0.15) is 5.10 Å². The van der Waals surface area contributed by atoms with Crippen molar-refractivity contribution in [2.75, 3.05) is 0 Å². The summed E-state index contributed by atoms with van der Waals surface area (Å²) in [7, 11) is 0. The maximum atomic E-state index is 4.47. The molecule has 1 aromatic heterocycles. The summed E-state index contributed by atoms with van der Waals surface area (Å²) in [5.41, 5.74) is 2.74. The number of rotatable bonds is 3. The average Bonchev–Trinajstić information content (AvgIpc) is 3.00. The highest BCUT2D eigenvalue weighted by molar-refractivity contribution is 5.17. The zero-order valence-corrected chi connectivity index (χ0v) is 10.0. The molecule has 0 spiro atoms. The Bertz CT molecular complexity index is 467. The van der Waals surface area contributed by atoms with Crippen LogP contribution in [0.15, 0.2) is 42.7 Å². The van der Waals surface area contributed by atoms with Crippen LogP contribution in [0.3, 0.4) is 0 Å². The van der Waals surface area contributed by atoms with Crippen molar-refractivity contribution < 1.29 is 0 Å². The van der Waals surface area contributed by atoms with Gasteiger partial charge in [0, 0.05) is 6.20 Å². The molecule has 2 aromatic rings. The van der Waals surface area contributed by atoms with Crippen LogP contribution < -0.4 is 0 Å². The largest absolute Gasteiger partial charge is 0.268 e. The molecule has 1 heterocycles. The summed E-state index contributed by atoms with van der Waals surface area (Å²) < 4.78 is 2.06. The van der Waals surface area contributed by atoms with E-state index >= 15 is 0 Å². The maximum absolute atomic E-state index is 4.47. The van der Waals surface area contributed by atoms with E-state index in [-0.39, 0.29) is 0 Å². The number of benzene rings is 1. The molecule has 2 nitrogen and oxygen atoms in total. The molecule has 1 aromatic carbocycles. The van der Waals surface area contributed by atoms with Gasteiger partial charge in [0.2, 0.25) is 0 Å². The van der Waals surface area contributed by atoms with Crippen molar-refractivity contribution in [3.05, 3.63) is 53.9 Å². The van der Waals surface area contributed by atoms with E-state index < -0.39 is 0 Å². The number of hydrogen-bond donors (Lipinski definition) is 0. The van der Waals surface area contributed by atoms with Crippen LogP contribution in [0.25, 0.3) is 0 Å². The fraction of sp³-hybridized carbons (Fsp3) is 0.400. The molecule has 0 saturated heterocycles. The second-order valence-corrected chi connectivity index (χ2v) is 4.94. The highest BCUT2D eigenvalue weighted by atomic mass is 15.3.